The van der Waals surface area contributed by atoms with Gasteiger partial charge in [0, 0.05) is 31.4 Å². The third kappa shape index (κ3) is 3.69. The number of carbonyl (C=O) groups excluding carboxylic acids is 1. The number of aromatic amines is 1. The Morgan fingerprint density at radius 2 is 2.08 bits per heavy atom. The lowest BCUT2D eigenvalue weighted by Gasteiger charge is -2.20. The summed E-state index contributed by atoms with van der Waals surface area (Å²) >= 11 is 0. The van der Waals surface area contributed by atoms with E-state index in [9.17, 15) is 9.59 Å². The van der Waals surface area contributed by atoms with E-state index in [2.05, 4.69) is 4.98 Å². The number of hydrogen-bond donors (Lipinski definition) is 1. The van der Waals surface area contributed by atoms with Crippen LogP contribution in [0.1, 0.15) is 39.7 Å². The molecule has 128 valence electrons. The van der Waals surface area contributed by atoms with Crippen LogP contribution in [-0.2, 0) is 6.42 Å². The van der Waals surface area contributed by atoms with Gasteiger partial charge in [-0.05, 0) is 36.6 Å². The summed E-state index contributed by atoms with van der Waals surface area (Å²) in [4.78, 5) is 30.1. The van der Waals surface area contributed by atoms with Gasteiger partial charge >= 0.3 is 0 Å². The van der Waals surface area contributed by atoms with Crippen LogP contribution in [0, 0.1) is 18.3 Å². The topological polar surface area (TPSA) is 77.0 Å². The third-order valence-electron chi connectivity index (χ3n) is 4.03. The maximum atomic E-state index is 13.2. The molecule has 0 aliphatic heterocycles. The highest BCUT2D eigenvalue weighted by Crippen LogP contribution is 2.25. The van der Waals surface area contributed by atoms with Gasteiger partial charge in [0.15, 0.2) is 5.78 Å². The second-order valence-corrected chi connectivity index (χ2v) is 5.95. The standard InChI is InChI=1S/C20H21N3O2/c1-5-16-13(2)22-20(25)18(23(3)4)17(16)19(24)15-10-6-8-14(12-15)9-7-11-21/h6-10,12H,5H2,1-4H3,(H,22,25)/b9-7-. The zero-order valence-electron chi connectivity index (χ0n) is 14.9. The fourth-order valence-electron chi connectivity index (χ4n) is 2.92. The highest BCUT2D eigenvalue weighted by atomic mass is 16.1. The van der Waals surface area contributed by atoms with Gasteiger partial charge in [0.2, 0.25) is 0 Å². The second kappa shape index (κ2) is 7.63. The minimum atomic E-state index is -0.274. The molecule has 1 aromatic heterocycles. The number of rotatable bonds is 5. The van der Waals surface area contributed by atoms with Gasteiger partial charge in [-0.2, -0.15) is 5.26 Å². The molecule has 25 heavy (non-hydrogen) atoms. The molecule has 2 aromatic rings. The lowest BCUT2D eigenvalue weighted by Crippen LogP contribution is -2.27. The highest BCUT2D eigenvalue weighted by molar-refractivity contribution is 6.13. The predicted octanol–water partition coefficient (Wildman–Crippen LogP) is 3.08. The number of nitrogens with zero attached hydrogens (tertiary/aromatic N) is 2. The Morgan fingerprint density at radius 3 is 2.68 bits per heavy atom. The quantitative estimate of drug-likeness (QED) is 0.673. The van der Waals surface area contributed by atoms with Crippen molar-refractivity contribution in [3.05, 3.63) is 68.6 Å². The maximum Gasteiger partial charge on any atom is 0.272 e. The number of pyridine rings is 1. The predicted molar refractivity (Wildman–Crippen MR) is 100 cm³/mol. The van der Waals surface area contributed by atoms with E-state index in [0.717, 1.165) is 11.1 Å². The summed E-state index contributed by atoms with van der Waals surface area (Å²) in [6.07, 6.45) is 3.65. The van der Waals surface area contributed by atoms with Crippen molar-refractivity contribution in [3.63, 3.8) is 0 Å². The Kier molecular flexibility index (Phi) is 5.56. The van der Waals surface area contributed by atoms with Crippen molar-refractivity contribution in [2.24, 2.45) is 0 Å². The highest BCUT2D eigenvalue weighted by Gasteiger charge is 2.23. The summed E-state index contributed by atoms with van der Waals surface area (Å²) in [5.41, 5.74) is 3.33. The molecular weight excluding hydrogens is 314 g/mol. The molecule has 5 heteroatoms. The number of carbonyl (C=O) groups is 1. The van der Waals surface area contributed by atoms with E-state index >= 15 is 0 Å². The van der Waals surface area contributed by atoms with Crippen molar-refractivity contribution in [1.29, 1.82) is 5.26 Å². The van der Waals surface area contributed by atoms with Crippen LogP contribution >= 0.6 is 0 Å². The van der Waals surface area contributed by atoms with Gasteiger partial charge in [-0.15, -0.1) is 0 Å². The van der Waals surface area contributed by atoms with Gasteiger partial charge in [0.1, 0.15) is 5.69 Å². The van der Waals surface area contributed by atoms with E-state index in [4.69, 9.17) is 5.26 Å². The molecule has 0 aliphatic carbocycles. The molecule has 0 saturated carbocycles. The fourth-order valence-corrected chi connectivity index (χ4v) is 2.92. The summed E-state index contributed by atoms with van der Waals surface area (Å²) < 4.78 is 0. The summed E-state index contributed by atoms with van der Waals surface area (Å²) in [5.74, 6) is -0.193. The zero-order chi connectivity index (χ0) is 18.6. The number of nitrogens with one attached hydrogen (secondary N) is 1. The van der Waals surface area contributed by atoms with Crippen LogP contribution in [0.15, 0.2) is 35.1 Å². The average Bonchev–Trinajstić information content (AvgIpc) is 2.58. The van der Waals surface area contributed by atoms with Crippen LogP contribution in [0.5, 0.6) is 0 Å². The summed E-state index contributed by atoms with van der Waals surface area (Å²) in [6, 6.07) is 8.98. The number of anilines is 1. The van der Waals surface area contributed by atoms with Crippen LogP contribution in [0.4, 0.5) is 5.69 Å². The Labute approximate surface area is 147 Å². The maximum absolute atomic E-state index is 13.2. The first kappa shape index (κ1) is 18.2. The first-order chi connectivity index (χ1) is 11.9. The Balaban J connectivity index is 2.69. The molecule has 1 heterocycles. The Hall–Kier alpha value is -3.13. The minimum Gasteiger partial charge on any atom is -0.373 e. The van der Waals surface area contributed by atoms with E-state index in [1.54, 1.807) is 43.3 Å². The van der Waals surface area contributed by atoms with Gasteiger partial charge in [-0.3, -0.25) is 9.59 Å². The zero-order valence-corrected chi connectivity index (χ0v) is 14.9. The van der Waals surface area contributed by atoms with Gasteiger partial charge in [0.05, 0.1) is 11.6 Å². The molecule has 0 unspecified atom stereocenters. The number of H-pyrrole nitrogens is 1. The molecule has 1 aromatic carbocycles. The average molecular weight is 335 g/mol. The number of allylic oxidation sites excluding steroid dienone is 1. The fraction of sp³-hybridized carbons (Fsp3) is 0.250. The molecule has 1 N–H and O–H groups in total. The van der Waals surface area contributed by atoms with Crippen LogP contribution in [0.25, 0.3) is 6.08 Å². The molecule has 2 rings (SSSR count). The molecule has 0 atom stereocenters. The van der Waals surface area contributed by atoms with E-state index in [0.29, 0.717) is 28.9 Å². The molecule has 0 amide bonds. The van der Waals surface area contributed by atoms with Crippen molar-refractivity contribution in [1.82, 2.24) is 4.98 Å². The lowest BCUT2D eigenvalue weighted by molar-refractivity contribution is 0.103. The molecule has 0 bridgehead atoms. The smallest absolute Gasteiger partial charge is 0.272 e. The summed E-state index contributed by atoms with van der Waals surface area (Å²) in [5, 5.41) is 8.66. The largest absolute Gasteiger partial charge is 0.373 e. The van der Waals surface area contributed by atoms with Crippen LogP contribution in [-0.4, -0.2) is 24.9 Å². The van der Waals surface area contributed by atoms with Crippen molar-refractivity contribution < 1.29 is 4.79 Å². The molecular formula is C20H21N3O2. The van der Waals surface area contributed by atoms with Gasteiger partial charge < -0.3 is 9.88 Å². The molecule has 0 spiro atoms. The first-order valence-electron chi connectivity index (χ1n) is 8.04. The SMILES string of the molecule is CCc1c(C)[nH]c(=O)c(N(C)C)c1C(=O)c1cccc(/C=C\C#N)c1. The Bertz CT molecular complexity index is 931. The molecule has 0 aliphatic rings. The van der Waals surface area contributed by atoms with Gasteiger partial charge in [-0.1, -0.05) is 25.1 Å². The van der Waals surface area contributed by atoms with E-state index in [1.807, 2.05) is 26.0 Å². The number of aromatic nitrogens is 1. The first-order valence-corrected chi connectivity index (χ1v) is 8.04. The number of ketones is 1. The molecule has 0 radical (unpaired) electrons. The Morgan fingerprint density at radius 1 is 1.36 bits per heavy atom. The van der Waals surface area contributed by atoms with E-state index in [1.165, 1.54) is 6.08 Å². The molecule has 0 saturated heterocycles. The third-order valence-corrected chi connectivity index (χ3v) is 4.03. The monoisotopic (exact) mass is 335 g/mol. The summed E-state index contributed by atoms with van der Waals surface area (Å²) in [7, 11) is 3.50. The van der Waals surface area contributed by atoms with Crippen LogP contribution in [0.2, 0.25) is 0 Å². The normalized spacial score (nSPS) is 10.7. The van der Waals surface area contributed by atoms with Crippen molar-refractivity contribution in [2.75, 3.05) is 19.0 Å². The number of aryl methyl sites for hydroxylation is 1. The van der Waals surface area contributed by atoms with Crippen LogP contribution < -0.4 is 10.5 Å². The minimum absolute atomic E-state index is 0.193. The van der Waals surface area contributed by atoms with Gasteiger partial charge in [0.25, 0.3) is 5.56 Å². The van der Waals surface area contributed by atoms with Crippen LogP contribution in [0.3, 0.4) is 0 Å². The van der Waals surface area contributed by atoms with Gasteiger partial charge in [-0.25, -0.2) is 0 Å². The number of benzene rings is 1. The number of nitriles is 1. The van der Waals surface area contributed by atoms with E-state index in [-0.39, 0.29) is 11.3 Å². The van der Waals surface area contributed by atoms with Crippen molar-refractivity contribution in [3.8, 4) is 6.07 Å². The second-order valence-electron chi connectivity index (χ2n) is 5.95. The number of hydrogen-bond acceptors (Lipinski definition) is 4. The van der Waals surface area contributed by atoms with E-state index < -0.39 is 0 Å². The summed E-state index contributed by atoms with van der Waals surface area (Å²) in [6.45, 7) is 3.77. The lowest BCUT2D eigenvalue weighted by atomic mass is 9.93. The van der Waals surface area contributed by atoms with Crippen molar-refractivity contribution >= 4 is 17.5 Å². The molecule has 0 fully saturated rings. The van der Waals surface area contributed by atoms with Crippen molar-refractivity contribution in [2.45, 2.75) is 20.3 Å². The molecule has 5 nitrogen and oxygen atoms in total.